The number of anilines is 1. The number of halogens is 5. The molecular formula is C33H30F5N3O5. The van der Waals surface area contributed by atoms with Gasteiger partial charge >= 0.3 is 12.1 Å². The zero-order valence-electron chi connectivity index (χ0n) is 24.8. The van der Waals surface area contributed by atoms with Gasteiger partial charge in [0.15, 0.2) is 0 Å². The third-order valence-corrected chi connectivity index (χ3v) is 8.04. The first-order valence-electron chi connectivity index (χ1n) is 14.5. The molecule has 0 unspecified atom stereocenters. The van der Waals surface area contributed by atoms with Crippen molar-refractivity contribution in [2.75, 3.05) is 11.9 Å². The summed E-state index contributed by atoms with van der Waals surface area (Å²) in [6.07, 6.45) is -4.28. The second kappa shape index (κ2) is 12.8. The maximum Gasteiger partial charge on any atom is 0.408 e. The lowest BCUT2D eigenvalue weighted by atomic mass is 9.90. The number of para-hydroxylation sites is 1. The van der Waals surface area contributed by atoms with Crippen LogP contribution < -0.4 is 20.9 Å². The van der Waals surface area contributed by atoms with Crippen molar-refractivity contribution in [1.29, 1.82) is 0 Å². The Morgan fingerprint density at radius 1 is 1.04 bits per heavy atom. The molecular weight excluding hydrogens is 613 g/mol. The van der Waals surface area contributed by atoms with Crippen molar-refractivity contribution in [3.63, 3.8) is 0 Å². The van der Waals surface area contributed by atoms with Gasteiger partial charge in [-0.1, -0.05) is 37.3 Å². The van der Waals surface area contributed by atoms with Crippen LogP contribution in [0.5, 0.6) is 5.75 Å². The van der Waals surface area contributed by atoms with Crippen LogP contribution in [0.15, 0.2) is 59.4 Å². The molecule has 0 aliphatic carbocycles. The number of hydrogen-bond acceptors (Lipinski definition) is 5. The van der Waals surface area contributed by atoms with E-state index in [9.17, 15) is 41.4 Å². The highest BCUT2D eigenvalue weighted by atomic mass is 19.4. The number of rotatable bonds is 9. The summed E-state index contributed by atoms with van der Waals surface area (Å²) >= 11 is 0. The first-order valence-corrected chi connectivity index (χ1v) is 14.5. The number of aryl methyl sites for hydroxylation is 1. The van der Waals surface area contributed by atoms with E-state index in [4.69, 9.17) is 4.74 Å². The second-order valence-electron chi connectivity index (χ2n) is 11.0. The summed E-state index contributed by atoms with van der Waals surface area (Å²) in [6, 6.07) is 9.80. The van der Waals surface area contributed by atoms with Gasteiger partial charge in [0.2, 0.25) is 0 Å². The molecule has 3 aromatic carbocycles. The fourth-order valence-electron chi connectivity index (χ4n) is 5.69. The van der Waals surface area contributed by atoms with Crippen LogP contribution in [0.25, 0.3) is 22.0 Å². The fraction of sp³-hybridized carbons (Fsp3) is 0.303. The molecule has 0 bridgehead atoms. The zero-order valence-corrected chi connectivity index (χ0v) is 24.8. The molecule has 13 heteroatoms. The van der Waals surface area contributed by atoms with Gasteiger partial charge in [0.1, 0.15) is 35.0 Å². The summed E-state index contributed by atoms with van der Waals surface area (Å²) in [5.74, 6) is -5.39. The van der Waals surface area contributed by atoms with E-state index in [-0.39, 0.29) is 12.0 Å². The zero-order chi connectivity index (χ0) is 33.3. The molecule has 4 aromatic rings. The van der Waals surface area contributed by atoms with Crippen LogP contribution in [0.1, 0.15) is 41.3 Å². The number of nitrogens with zero attached hydrogens (tertiary/aromatic N) is 1. The first kappa shape index (κ1) is 32.5. The average molecular weight is 644 g/mol. The molecule has 0 spiro atoms. The van der Waals surface area contributed by atoms with Crippen molar-refractivity contribution in [3.05, 3.63) is 93.3 Å². The Morgan fingerprint density at radius 3 is 2.39 bits per heavy atom. The summed E-state index contributed by atoms with van der Waals surface area (Å²) in [5.41, 5.74) is 0.862. The Balaban J connectivity index is 1.43. The standard InChI is InChI=1S/C33H30F5N3O5/c1-3-27(33(36,37)38)39-19-15-23(34)28(24(35)16-19)30(42)40-25(32(44)45)14-17-10-11-21(29-20(17)8-6-12-46-29)22-13-18-7-4-5-9-26(18)41(2)31(22)43/h4-5,7,9-11,13,15-16,25,27,39H,3,6,8,12,14H2,1-2H3,(H,40,42)(H,44,45)/t25-,27+/m0/s1. The monoisotopic (exact) mass is 643 g/mol. The summed E-state index contributed by atoms with van der Waals surface area (Å²) in [5, 5.41) is 14.9. The minimum absolute atomic E-state index is 0.257. The molecule has 1 aliphatic heterocycles. The van der Waals surface area contributed by atoms with Gasteiger partial charge in [-0.15, -0.1) is 0 Å². The summed E-state index contributed by atoms with van der Waals surface area (Å²) in [4.78, 5) is 38.5. The lowest BCUT2D eigenvalue weighted by Gasteiger charge is -2.25. The summed E-state index contributed by atoms with van der Waals surface area (Å²) in [6.45, 7) is 1.61. The van der Waals surface area contributed by atoms with Gasteiger partial charge in [-0.05, 0) is 60.0 Å². The number of aliphatic carboxylic acids is 1. The number of fused-ring (bicyclic) bond motifs is 2. The van der Waals surface area contributed by atoms with E-state index < -0.39 is 59.4 Å². The number of carboxylic acid groups (broad SMARTS) is 1. The quantitative estimate of drug-likeness (QED) is 0.194. The maximum atomic E-state index is 14.9. The number of hydrogen-bond donors (Lipinski definition) is 3. The number of carboxylic acids is 1. The third kappa shape index (κ3) is 6.40. The van der Waals surface area contributed by atoms with E-state index >= 15 is 0 Å². The number of aromatic nitrogens is 1. The Kier molecular flexibility index (Phi) is 9.04. The lowest BCUT2D eigenvalue weighted by molar-refractivity contribution is -0.143. The molecule has 5 rings (SSSR count). The van der Waals surface area contributed by atoms with Crippen LogP contribution in [0.3, 0.4) is 0 Å². The normalized spacial score (nSPS) is 14.2. The molecule has 242 valence electrons. The molecule has 3 N–H and O–H groups in total. The first-order chi connectivity index (χ1) is 21.8. The van der Waals surface area contributed by atoms with Crippen molar-refractivity contribution in [1.82, 2.24) is 9.88 Å². The number of carbonyl (C=O) groups is 2. The summed E-state index contributed by atoms with van der Waals surface area (Å²) in [7, 11) is 1.66. The maximum absolute atomic E-state index is 14.9. The highest BCUT2D eigenvalue weighted by Crippen LogP contribution is 2.38. The van der Waals surface area contributed by atoms with E-state index in [2.05, 4.69) is 5.32 Å². The molecule has 0 saturated heterocycles. The van der Waals surface area contributed by atoms with Crippen LogP contribution >= 0.6 is 0 Å². The van der Waals surface area contributed by atoms with Crippen molar-refractivity contribution >= 4 is 28.5 Å². The largest absolute Gasteiger partial charge is 0.493 e. The highest BCUT2D eigenvalue weighted by molar-refractivity contribution is 5.97. The Hall–Kier alpha value is -4.94. The van der Waals surface area contributed by atoms with Gasteiger partial charge in [0.25, 0.3) is 11.5 Å². The molecule has 0 radical (unpaired) electrons. The smallest absolute Gasteiger partial charge is 0.408 e. The number of amides is 1. The Morgan fingerprint density at radius 2 is 1.74 bits per heavy atom. The molecule has 2 atom stereocenters. The highest BCUT2D eigenvalue weighted by Gasteiger charge is 2.38. The molecule has 1 aliphatic rings. The fourth-order valence-corrected chi connectivity index (χ4v) is 5.69. The van der Waals surface area contributed by atoms with E-state index in [0.717, 1.165) is 10.9 Å². The number of alkyl halides is 3. The molecule has 2 heterocycles. The average Bonchev–Trinajstić information content (AvgIpc) is 3.00. The van der Waals surface area contributed by atoms with Gasteiger partial charge in [0.05, 0.1) is 17.7 Å². The van der Waals surface area contributed by atoms with Crippen molar-refractivity contribution in [2.24, 2.45) is 7.05 Å². The van der Waals surface area contributed by atoms with Crippen LogP contribution in [0.4, 0.5) is 27.6 Å². The minimum Gasteiger partial charge on any atom is -0.493 e. The van der Waals surface area contributed by atoms with E-state index in [1.165, 1.54) is 11.5 Å². The number of benzene rings is 3. The van der Waals surface area contributed by atoms with Crippen LogP contribution in [-0.2, 0) is 24.7 Å². The van der Waals surface area contributed by atoms with Gasteiger partial charge in [-0.25, -0.2) is 13.6 Å². The van der Waals surface area contributed by atoms with Crippen molar-refractivity contribution in [3.8, 4) is 16.9 Å². The van der Waals surface area contributed by atoms with Crippen LogP contribution in [0.2, 0.25) is 0 Å². The second-order valence-corrected chi connectivity index (χ2v) is 11.0. The SMILES string of the molecule is CC[C@@H](Nc1cc(F)c(C(=O)N[C@@H](Cc2ccc(-c3cc4ccccc4n(C)c3=O)c3c2CCCO3)C(=O)O)c(F)c1)C(F)(F)F. The molecule has 0 saturated carbocycles. The Bertz CT molecular complexity index is 1870. The van der Waals surface area contributed by atoms with E-state index in [1.807, 2.05) is 29.6 Å². The predicted octanol–water partition coefficient (Wildman–Crippen LogP) is 5.99. The van der Waals surface area contributed by atoms with Gasteiger partial charge in [-0.3, -0.25) is 9.59 Å². The molecule has 0 fully saturated rings. The number of ether oxygens (including phenoxy) is 1. The van der Waals surface area contributed by atoms with Gasteiger partial charge < -0.3 is 25.0 Å². The number of nitrogens with one attached hydrogen (secondary N) is 2. The molecule has 1 aromatic heterocycles. The predicted molar refractivity (Wildman–Crippen MR) is 161 cm³/mol. The Labute approximate surface area is 259 Å². The van der Waals surface area contributed by atoms with Gasteiger partial charge in [0, 0.05) is 24.7 Å². The van der Waals surface area contributed by atoms with Crippen molar-refractivity contribution < 1.29 is 41.4 Å². The topological polar surface area (TPSA) is 110 Å². The molecule has 46 heavy (non-hydrogen) atoms. The molecule has 1 amide bonds. The number of pyridine rings is 1. The summed E-state index contributed by atoms with van der Waals surface area (Å²) < 4.78 is 76.6. The third-order valence-electron chi connectivity index (χ3n) is 8.04. The van der Waals surface area contributed by atoms with Crippen LogP contribution in [0, 0.1) is 11.6 Å². The van der Waals surface area contributed by atoms with Gasteiger partial charge in [-0.2, -0.15) is 13.2 Å². The number of carbonyl (C=O) groups excluding carboxylic acids is 1. The van der Waals surface area contributed by atoms with Crippen LogP contribution in [-0.4, -0.2) is 46.4 Å². The van der Waals surface area contributed by atoms with E-state index in [0.29, 0.717) is 59.6 Å². The van der Waals surface area contributed by atoms with Crippen molar-refractivity contribution in [2.45, 2.75) is 50.9 Å². The molecule has 8 nitrogen and oxygen atoms in total. The lowest BCUT2D eigenvalue weighted by Crippen LogP contribution is -2.43. The van der Waals surface area contributed by atoms with E-state index in [1.54, 1.807) is 25.2 Å². The minimum atomic E-state index is -4.68.